The van der Waals surface area contributed by atoms with Gasteiger partial charge in [-0.1, -0.05) is 11.5 Å². The van der Waals surface area contributed by atoms with Crippen molar-refractivity contribution in [3.8, 4) is 5.88 Å². The Bertz CT molecular complexity index is 283. The average Bonchev–Trinajstić information content (AvgIpc) is 2.23. The minimum Gasteiger partial charge on any atom is -0.474 e. The molecule has 1 aliphatic heterocycles. The molecule has 2 rings (SSSR count). The molecule has 0 saturated carbocycles. The van der Waals surface area contributed by atoms with E-state index in [4.69, 9.17) is 12.6 Å². The molecule has 2 radical (unpaired) electrons. The van der Waals surface area contributed by atoms with E-state index in [0.717, 1.165) is 25.9 Å². The van der Waals surface area contributed by atoms with Gasteiger partial charge in [0, 0.05) is 6.20 Å². The smallest absolute Gasteiger partial charge is 0.213 e. The molecule has 72 valence electrons. The van der Waals surface area contributed by atoms with Crippen molar-refractivity contribution in [2.45, 2.75) is 18.9 Å². The SMILES string of the molecule is [B]c1ccc(OC2CCNCC2)nc1. The average molecular weight is 188 g/mol. The van der Waals surface area contributed by atoms with E-state index >= 15 is 0 Å². The summed E-state index contributed by atoms with van der Waals surface area (Å²) < 4.78 is 5.70. The van der Waals surface area contributed by atoms with E-state index in [2.05, 4.69) is 10.3 Å². The predicted octanol–water partition coefficient (Wildman–Crippen LogP) is 0.00620. The van der Waals surface area contributed by atoms with Gasteiger partial charge in [-0.15, -0.1) is 0 Å². The Morgan fingerprint density at radius 2 is 2.14 bits per heavy atom. The molecule has 0 amide bonds. The van der Waals surface area contributed by atoms with Gasteiger partial charge in [0.2, 0.25) is 5.88 Å². The van der Waals surface area contributed by atoms with Crippen LogP contribution in [-0.4, -0.2) is 32.0 Å². The second-order valence-electron chi connectivity index (χ2n) is 3.50. The van der Waals surface area contributed by atoms with E-state index in [9.17, 15) is 0 Å². The Morgan fingerprint density at radius 1 is 1.36 bits per heavy atom. The third-order valence-electron chi connectivity index (χ3n) is 2.33. The summed E-state index contributed by atoms with van der Waals surface area (Å²) in [5.41, 5.74) is 0.669. The molecule has 0 spiro atoms. The molecule has 0 unspecified atom stereocenters. The van der Waals surface area contributed by atoms with Gasteiger partial charge in [0.05, 0.1) is 0 Å². The molecule has 1 aromatic heterocycles. The van der Waals surface area contributed by atoms with Gasteiger partial charge in [-0.2, -0.15) is 0 Å². The van der Waals surface area contributed by atoms with Gasteiger partial charge in [-0.25, -0.2) is 4.98 Å². The number of hydrogen-bond donors (Lipinski definition) is 1. The fraction of sp³-hybridized carbons (Fsp3) is 0.500. The van der Waals surface area contributed by atoms with Crippen LogP contribution in [0.2, 0.25) is 0 Å². The molecule has 0 aromatic carbocycles. The van der Waals surface area contributed by atoms with Crippen molar-refractivity contribution >= 4 is 13.3 Å². The van der Waals surface area contributed by atoms with E-state index in [1.165, 1.54) is 0 Å². The van der Waals surface area contributed by atoms with Gasteiger partial charge in [0.1, 0.15) is 14.0 Å². The second-order valence-corrected chi connectivity index (χ2v) is 3.50. The van der Waals surface area contributed by atoms with Crippen LogP contribution in [-0.2, 0) is 0 Å². The molecule has 1 N–H and O–H groups in total. The molecule has 1 saturated heterocycles. The van der Waals surface area contributed by atoms with Crippen LogP contribution < -0.4 is 15.5 Å². The normalized spacial score (nSPS) is 18.0. The zero-order chi connectivity index (χ0) is 9.80. The number of nitrogens with one attached hydrogen (secondary N) is 1. The lowest BCUT2D eigenvalue weighted by Gasteiger charge is -2.23. The number of ether oxygens (including phenoxy) is 1. The first-order valence-corrected chi connectivity index (χ1v) is 4.93. The summed E-state index contributed by atoms with van der Waals surface area (Å²) >= 11 is 0. The largest absolute Gasteiger partial charge is 0.474 e. The van der Waals surface area contributed by atoms with Gasteiger partial charge < -0.3 is 10.1 Å². The van der Waals surface area contributed by atoms with E-state index < -0.39 is 0 Å². The molecule has 0 aliphatic carbocycles. The van der Waals surface area contributed by atoms with Crippen LogP contribution in [0.1, 0.15) is 12.8 Å². The van der Waals surface area contributed by atoms with Crippen molar-refractivity contribution < 1.29 is 4.74 Å². The zero-order valence-corrected chi connectivity index (χ0v) is 8.07. The molecule has 0 atom stereocenters. The maximum absolute atomic E-state index is 5.70. The standard InChI is InChI=1S/C10H13BN2O/c11-8-1-2-10(13-7-8)14-9-3-5-12-6-4-9/h1-2,7,9,12H,3-6H2. The Kier molecular flexibility index (Phi) is 3.04. The number of nitrogens with zero attached hydrogens (tertiary/aromatic N) is 1. The number of rotatable bonds is 2. The Labute approximate surface area is 85.3 Å². The highest BCUT2D eigenvalue weighted by Gasteiger charge is 2.14. The quantitative estimate of drug-likeness (QED) is 0.663. The third-order valence-corrected chi connectivity index (χ3v) is 2.33. The van der Waals surface area contributed by atoms with Crippen LogP contribution >= 0.6 is 0 Å². The predicted molar refractivity (Wildman–Crippen MR) is 56.1 cm³/mol. The van der Waals surface area contributed by atoms with E-state index in [1.54, 1.807) is 6.20 Å². The summed E-state index contributed by atoms with van der Waals surface area (Å²) in [6, 6.07) is 3.63. The molecule has 14 heavy (non-hydrogen) atoms. The van der Waals surface area contributed by atoms with Crippen molar-refractivity contribution in [1.82, 2.24) is 10.3 Å². The zero-order valence-electron chi connectivity index (χ0n) is 8.07. The van der Waals surface area contributed by atoms with Gasteiger partial charge in [0.15, 0.2) is 0 Å². The fourth-order valence-electron chi connectivity index (χ4n) is 1.55. The van der Waals surface area contributed by atoms with Crippen molar-refractivity contribution in [3.05, 3.63) is 18.3 Å². The molecule has 3 nitrogen and oxygen atoms in total. The summed E-state index contributed by atoms with van der Waals surface area (Å²) in [5, 5.41) is 3.29. The second kappa shape index (κ2) is 4.46. The summed E-state index contributed by atoms with van der Waals surface area (Å²) in [7, 11) is 5.53. The summed E-state index contributed by atoms with van der Waals surface area (Å²) in [6.45, 7) is 2.05. The van der Waals surface area contributed by atoms with E-state index in [-0.39, 0.29) is 0 Å². The molecule has 4 heteroatoms. The van der Waals surface area contributed by atoms with Gasteiger partial charge in [0.25, 0.3) is 0 Å². The van der Waals surface area contributed by atoms with Crippen LogP contribution in [0.3, 0.4) is 0 Å². The Hall–Kier alpha value is -1.03. The molecular formula is C10H13BN2O. The highest BCUT2D eigenvalue weighted by Crippen LogP contribution is 2.12. The molecular weight excluding hydrogens is 175 g/mol. The van der Waals surface area contributed by atoms with Crippen LogP contribution in [0.4, 0.5) is 0 Å². The van der Waals surface area contributed by atoms with Crippen molar-refractivity contribution in [1.29, 1.82) is 0 Å². The number of hydrogen-bond acceptors (Lipinski definition) is 3. The third kappa shape index (κ3) is 2.48. The minimum atomic E-state index is 0.298. The highest BCUT2D eigenvalue weighted by molar-refractivity contribution is 6.32. The lowest BCUT2D eigenvalue weighted by molar-refractivity contribution is 0.156. The maximum Gasteiger partial charge on any atom is 0.213 e. The van der Waals surface area contributed by atoms with Gasteiger partial charge in [-0.3, -0.25) is 0 Å². The first kappa shape index (κ1) is 9.53. The lowest BCUT2D eigenvalue weighted by Crippen LogP contribution is -2.34. The van der Waals surface area contributed by atoms with Gasteiger partial charge >= 0.3 is 0 Å². The first-order valence-electron chi connectivity index (χ1n) is 4.93. The molecule has 1 aliphatic rings. The van der Waals surface area contributed by atoms with Crippen molar-refractivity contribution in [2.75, 3.05) is 13.1 Å². The van der Waals surface area contributed by atoms with Crippen LogP contribution in [0, 0.1) is 0 Å². The number of piperidine rings is 1. The van der Waals surface area contributed by atoms with Crippen LogP contribution in [0.15, 0.2) is 18.3 Å². The Morgan fingerprint density at radius 3 is 2.79 bits per heavy atom. The minimum absolute atomic E-state index is 0.298. The van der Waals surface area contributed by atoms with E-state index in [0.29, 0.717) is 17.4 Å². The number of pyridine rings is 1. The summed E-state index contributed by atoms with van der Waals surface area (Å²) in [4.78, 5) is 4.10. The molecule has 0 bridgehead atoms. The molecule has 1 aromatic rings. The van der Waals surface area contributed by atoms with E-state index in [1.807, 2.05) is 12.1 Å². The topological polar surface area (TPSA) is 34.1 Å². The first-order chi connectivity index (χ1) is 6.84. The Balaban J connectivity index is 1.92. The molecule has 2 heterocycles. The maximum atomic E-state index is 5.70. The summed E-state index contributed by atoms with van der Waals surface area (Å²) in [6.07, 6.45) is 4.02. The number of aromatic nitrogens is 1. The van der Waals surface area contributed by atoms with Crippen LogP contribution in [0.5, 0.6) is 5.88 Å². The summed E-state index contributed by atoms with van der Waals surface area (Å²) in [5.74, 6) is 0.672. The van der Waals surface area contributed by atoms with Gasteiger partial charge in [-0.05, 0) is 32.0 Å². The van der Waals surface area contributed by atoms with Crippen LogP contribution in [0.25, 0.3) is 0 Å². The lowest BCUT2D eigenvalue weighted by atomic mass is 9.99. The molecule has 1 fully saturated rings. The monoisotopic (exact) mass is 188 g/mol. The highest BCUT2D eigenvalue weighted by atomic mass is 16.5. The van der Waals surface area contributed by atoms with Crippen molar-refractivity contribution in [2.24, 2.45) is 0 Å². The van der Waals surface area contributed by atoms with Crippen molar-refractivity contribution in [3.63, 3.8) is 0 Å². The fourth-order valence-corrected chi connectivity index (χ4v) is 1.55.